The van der Waals surface area contributed by atoms with E-state index < -0.39 is 35.1 Å². The van der Waals surface area contributed by atoms with Crippen molar-refractivity contribution >= 4 is 5.97 Å². The van der Waals surface area contributed by atoms with Crippen molar-refractivity contribution in [2.75, 3.05) is 0 Å². The molecular weight excluding hydrogens is 237 g/mol. The fourth-order valence-electron chi connectivity index (χ4n) is 1.15. The number of hydrogen-bond acceptors (Lipinski definition) is 3. The Morgan fingerprint density at radius 2 is 1.94 bits per heavy atom. The van der Waals surface area contributed by atoms with Crippen LogP contribution in [0.15, 0.2) is 18.2 Å². The Labute approximate surface area is 95.8 Å². The first-order valence-electron chi connectivity index (χ1n) is 4.83. The van der Waals surface area contributed by atoms with Gasteiger partial charge in [0.15, 0.2) is 0 Å². The maximum atomic E-state index is 12.4. The molecule has 0 aliphatic carbocycles. The monoisotopic (exact) mass is 248 g/mol. The van der Waals surface area contributed by atoms with Gasteiger partial charge in [-0.15, -0.1) is 0 Å². The van der Waals surface area contributed by atoms with Crippen LogP contribution in [0, 0.1) is 0 Å². The van der Waals surface area contributed by atoms with Crippen molar-refractivity contribution in [2.45, 2.75) is 26.1 Å². The number of ether oxygens (including phenoxy) is 1. The second kappa shape index (κ2) is 4.65. The Bertz CT molecular complexity index is 424. The standard InChI is InChI=1S/C11H11F3O3/c1-6(2)17-10(16)8-5-7(11(12,13)14)3-4-9(8)15/h3-6,15H,1-2H3. The molecule has 3 nitrogen and oxygen atoms in total. The highest BCUT2D eigenvalue weighted by Gasteiger charge is 2.32. The summed E-state index contributed by atoms with van der Waals surface area (Å²) in [6, 6.07) is 2.08. The molecule has 0 fully saturated rings. The van der Waals surface area contributed by atoms with Gasteiger partial charge in [0.05, 0.1) is 11.7 Å². The van der Waals surface area contributed by atoms with Crippen molar-refractivity contribution in [3.8, 4) is 5.75 Å². The number of carbonyl (C=O) groups is 1. The molecule has 0 aromatic heterocycles. The molecule has 1 N–H and O–H groups in total. The molecule has 0 radical (unpaired) electrons. The molecule has 0 saturated carbocycles. The third-order valence-corrected chi connectivity index (χ3v) is 1.89. The summed E-state index contributed by atoms with van der Waals surface area (Å²) in [5.74, 6) is -1.52. The lowest BCUT2D eigenvalue weighted by Gasteiger charge is -2.11. The van der Waals surface area contributed by atoms with Crippen molar-refractivity contribution < 1.29 is 27.8 Å². The Balaban J connectivity index is 3.11. The van der Waals surface area contributed by atoms with Crippen LogP contribution >= 0.6 is 0 Å². The van der Waals surface area contributed by atoms with E-state index in [0.717, 1.165) is 6.07 Å². The van der Waals surface area contributed by atoms with E-state index >= 15 is 0 Å². The van der Waals surface area contributed by atoms with Crippen LogP contribution in [0.4, 0.5) is 13.2 Å². The number of phenolic OH excluding ortho intramolecular Hbond substituents is 1. The van der Waals surface area contributed by atoms with Gasteiger partial charge >= 0.3 is 12.1 Å². The van der Waals surface area contributed by atoms with Gasteiger partial charge in [0.1, 0.15) is 11.3 Å². The molecular formula is C11H11F3O3. The number of hydrogen-bond donors (Lipinski definition) is 1. The third kappa shape index (κ3) is 3.37. The zero-order valence-corrected chi connectivity index (χ0v) is 9.21. The molecule has 0 unspecified atom stereocenters. The smallest absolute Gasteiger partial charge is 0.416 e. The van der Waals surface area contributed by atoms with Crippen molar-refractivity contribution in [2.24, 2.45) is 0 Å². The van der Waals surface area contributed by atoms with Gasteiger partial charge in [-0.2, -0.15) is 13.2 Å². The summed E-state index contributed by atoms with van der Waals surface area (Å²) in [5, 5.41) is 9.32. The molecule has 0 saturated heterocycles. The van der Waals surface area contributed by atoms with Crippen molar-refractivity contribution in [3.63, 3.8) is 0 Å². The number of alkyl halides is 3. The molecule has 0 bridgehead atoms. The fourth-order valence-corrected chi connectivity index (χ4v) is 1.15. The number of benzene rings is 1. The fraction of sp³-hybridized carbons (Fsp3) is 0.364. The summed E-state index contributed by atoms with van der Waals surface area (Å²) in [6.07, 6.45) is -5.04. The van der Waals surface area contributed by atoms with Crippen LogP contribution < -0.4 is 0 Å². The molecule has 17 heavy (non-hydrogen) atoms. The van der Waals surface area contributed by atoms with Gasteiger partial charge in [-0.25, -0.2) is 4.79 Å². The summed E-state index contributed by atoms with van der Waals surface area (Å²) in [6.45, 7) is 3.12. The predicted octanol–water partition coefficient (Wildman–Crippen LogP) is 2.98. The molecule has 1 aromatic carbocycles. The van der Waals surface area contributed by atoms with Gasteiger partial charge in [-0.05, 0) is 32.0 Å². The van der Waals surface area contributed by atoms with Gasteiger partial charge < -0.3 is 9.84 Å². The Morgan fingerprint density at radius 1 is 1.35 bits per heavy atom. The number of carbonyl (C=O) groups excluding carboxylic acids is 1. The average Bonchev–Trinajstić information content (AvgIpc) is 2.15. The number of esters is 1. The normalized spacial score (nSPS) is 11.6. The molecule has 1 aromatic rings. The molecule has 0 amide bonds. The first kappa shape index (κ1) is 13.3. The Morgan fingerprint density at radius 3 is 2.41 bits per heavy atom. The van der Waals surface area contributed by atoms with Crippen LogP contribution in [0.25, 0.3) is 0 Å². The zero-order valence-electron chi connectivity index (χ0n) is 9.21. The molecule has 94 valence electrons. The Hall–Kier alpha value is -1.72. The molecule has 0 aliphatic rings. The maximum absolute atomic E-state index is 12.4. The second-order valence-electron chi connectivity index (χ2n) is 3.68. The van der Waals surface area contributed by atoms with E-state index in [1.165, 1.54) is 0 Å². The molecule has 0 heterocycles. The van der Waals surface area contributed by atoms with E-state index in [2.05, 4.69) is 0 Å². The van der Waals surface area contributed by atoms with Crippen LogP contribution in [-0.2, 0) is 10.9 Å². The van der Waals surface area contributed by atoms with Crippen LogP contribution in [0.1, 0.15) is 29.8 Å². The number of rotatable bonds is 2. The van der Waals surface area contributed by atoms with Crippen molar-refractivity contribution in [1.29, 1.82) is 0 Å². The van der Waals surface area contributed by atoms with Crippen LogP contribution in [0.3, 0.4) is 0 Å². The number of halogens is 3. The van der Waals surface area contributed by atoms with E-state index in [1.807, 2.05) is 0 Å². The zero-order chi connectivity index (χ0) is 13.2. The summed E-state index contributed by atoms with van der Waals surface area (Å²) in [7, 11) is 0. The molecule has 0 atom stereocenters. The van der Waals surface area contributed by atoms with Crippen LogP contribution in [-0.4, -0.2) is 17.2 Å². The minimum absolute atomic E-state index is 0.476. The van der Waals surface area contributed by atoms with E-state index in [0.29, 0.717) is 12.1 Å². The van der Waals surface area contributed by atoms with Crippen LogP contribution in [0.2, 0.25) is 0 Å². The quantitative estimate of drug-likeness (QED) is 0.818. The van der Waals surface area contributed by atoms with Crippen molar-refractivity contribution in [1.82, 2.24) is 0 Å². The summed E-state index contributed by atoms with van der Waals surface area (Å²) < 4.78 is 41.9. The minimum atomic E-state index is -4.57. The van der Waals surface area contributed by atoms with Gasteiger partial charge in [0.25, 0.3) is 0 Å². The van der Waals surface area contributed by atoms with Gasteiger partial charge in [-0.3, -0.25) is 0 Å². The summed E-state index contributed by atoms with van der Waals surface area (Å²) in [4.78, 5) is 11.4. The number of phenols is 1. The lowest BCUT2D eigenvalue weighted by molar-refractivity contribution is -0.137. The molecule has 6 heteroatoms. The maximum Gasteiger partial charge on any atom is 0.416 e. The highest BCUT2D eigenvalue weighted by atomic mass is 19.4. The molecule has 0 spiro atoms. The summed E-state index contributed by atoms with van der Waals surface area (Å²) >= 11 is 0. The lowest BCUT2D eigenvalue weighted by atomic mass is 10.1. The highest BCUT2D eigenvalue weighted by molar-refractivity contribution is 5.92. The average molecular weight is 248 g/mol. The first-order chi connectivity index (χ1) is 7.71. The lowest BCUT2D eigenvalue weighted by Crippen LogP contribution is -2.13. The van der Waals surface area contributed by atoms with E-state index in [1.54, 1.807) is 13.8 Å². The van der Waals surface area contributed by atoms with Gasteiger partial charge in [-0.1, -0.05) is 0 Å². The van der Waals surface area contributed by atoms with Crippen LogP contribution in [0.5, 0.6) is 5.75 Å². The van der Waals surface area contributed by atoms with E-state index in [9.17, 15) is 23.1 Å². The molecule has 0 aliphatic heterocycles. The van der Waals surface area contributed by atoms with Gasteiger partial charge in [0, 0.05) is 0 Å². The first-order valence-corrected chi connectivity index (χ1v) is 4.83. The predicted molar refractivity (Wildman–Crippen MR) is 53.7 cm³/mol. The third-order valence-electron chi connectivity index (χ3n) is 1.89. The number of aromatic hydroxyl groups is 1. The molecule has 1 rings (SSSR count). The largest absolute Gasteiger partial charge is 0.507 e. The highest BCUT2D eigenvalue weighted by Crippen LogP contribution is 2.32. The van der Waals surface area contributed by atoms with E-state index in [-0.39, 0.29) is 0 Å². The SMILES string of the molecule is CC(C)OC(=O)c1cc(C(F)(F)F)ccc1O. The van der Waals surface area contributed by atoms with Gasteiger partial charge in [0.2, 0.25) is 0 Å². The second-order valence-corrected chi connectivity index (χ2v) is 3.68. The van der Waals surface area contributed by atoms with E-state index in [4.69, 9.17) is 4.74 Å². The summed E-state index contributed by atoms with van der Waals surface area (Å²) in [5.41, 5.74) is -1.50. The topological polar surface area (TPSA) is 46.5 Å². The Kier molecular flexibility index (Phi) is 3.65. The van der Waals surface area contributed by atoms with Crippen molar-refractivity contribution in [3.05, 3.63) is 29.3 Å². The minimum Gasteiger partial charge on any atom is -0.507 e.